The van der Waals surface area contributed by atoms with Crippen molar-refractivity contribution in [2.24, 2.45) is 5.73 Å². The second-order valence-corrected chi connectivity index (χ2v) is 6.64. The SMILES string of the molecule is NC(=O)CO[C@@H]1CO[C@H]2[C@H]1OC[C@H]2NC(=O)Nc1cccc2ccccc12. The Morgan fingerprint density at radius 2 is 1.85 bits per heavy atom. The van der Waals surface area contributed by atoms with Gasteiger partial charge in [-0.05, 0) is 11.5 Å². The molecule has 0 spiro atoms. The zero-order chi connectivity index (χ0) is 18.8. The minimum atomic E-state index is -0.541. The van der Waals surface area contributed by atoms with E-state index in [9.17, 15) is 9.59 Å². The molecule has 2 fully saturated rings. The first-order valence-electron chi connectivity index (χ1n) is 8.80. The summed E-state index contributed by atoms with van der Waals surface area (Å²) in [4.78, 5) is 23.3. The van der Waals surface area contributed by atoms with Crippen molar-refractivity contribution in [3.8, 4) is 0 Å². The van der Waals surface area contributed by atoms with Gasteiger partial charge in [0, 0.05) is 5.39 Å². The highest BCUT2D eigenvalue weighted by atomic mass is 16.6. The van der Waals surface area contributed by atoms with Gasteiger partial charge in [0.05, 0.1) is 24.9 Å². The predicted molar refractivity (Wildman–Crippen MR) is 98.3 cm³/mol. The third-order valence-electron chi connectivity index (χ3n) is 4.80. The second-order valence-electron chi connectivity index (χ2n) is 6.64. The van der Waals surface area contributed by atoms with E-state index >= 15 is 0 Å². The van der Waals surface area contributed by atoms with Gasteiger partial charge in [0.25, 0.3) is 0 Å². The molecule has 0 aliphatic carbocycles. The van der Waals surface area contributed by atoms with Crippen LogP contribution in [0.25, 0.3) is 10.8 Å². The number of amides is 3. The van der Waals surface area contributed by atoms with E-state index in [1.807, 2.05) is 42.5 Å². The summed E-state index contributed by atoms with van der Waals surface area (Å²) in [5, 5.41) is 7.81. The first-order chi connectivity index (χ1) is 13.1. The average molecular weight is 371 g/mol. The first kappa shape index (κ1) is 17.7. The Balaban J connectivity index is 1.37. The molecule has 4 rings (SSSR count). The molecule has 0 unspecified atom stereocenters. The van der Waals surface area contributed by atoms with E-state index in [1.165, 1.54) is 0 Å². The Hall–Kier alpha value is -2.68. The number of nitrogens with one attached hydrogen (secondary N) is 2. The van der Waals surface area contributed by atoms with Gasteiger partial charge in [-0.3, -0.25) is 4.79 Å². The molecule has 3 amide bonds. The van der Waals surface area contributed by atoms with Crippen molar-refractivity contribution in [1.82, 2.24) is 5.32 Å². The Morgan fingerprint density at radius 3 is 2.70 bits per heavy atom. The molecule has 4 N–H and O–H groups in total. The second kappa shape index (κ2) is 7.51. The summed E-state index contributed by atoms with van der Waals surface area (Å²) in [7, 11) is 0. The maximum atomic E-state index is 12.5. The predicted octanol–water partition coefficient (Wildman–Crippen LogP) is 0.998. The number of fused-ring (bicyclic) bond motifs is 2. The van der Waals surface area contributed by atoms with E-state index in [4.69, 9.17) is 19.9 Å². The number of rotatable bonds is 5. The molecule has 2 heterocycles. The van der Waals surface area contributed by atoms with Crippen molar-refractivity contribution < 1.29 is 23.8 Å². The fourth-order valence-corrected chi connectivity index (χ4v) is 3.58. The van der Waals surface area contributed by atoms with Crippen LogP contribution in [0.5, 0.6) is 0 Å². The van der Waals surface area contributed by atoms with E-state index in [2.05, 4.69) is 10.6 Å². The van der Waals surface area contributed by atoms with E-state index < -0.39 is 5.91 Å². The smallest absolute Gasteiger partial charge is 0.319 e. The maximum absolute atomic E-state index is 12.5. The van der Waals surface area contributed by atoms with Gasteiger partial charge in [0.2, 0.25) is 5.91 Å². The standard InChI is InChI=1S/C19H21N3O5/c20-16(23)10-25-15-9-27-17-14(8-26-18(15)17)22-19(24)21-13-7-3-5-11-4-1-2-6-12(11)13/h1-7,14-15,17-18H,8-10H2,(H2,20,23)(H2,21,22,24)/t14-,15-,17-,18+/m1/s1. The lowest BCUT2D eigenvalue weighted by Crippen LogP contribution is -2.46. The summed E-state index contributed by atoms with van der Waals surface area (Å²) < 4.78 is 16.8. The van der Waals surface area contributed by atoms with Crippen LogP contribution in [0.15, 0.2) is 42.5 Å². The highest BCUT2D eigenvalue weighted by Gasteiger charge is 2.48. The lowest BCUT2D eigenvalue weighted by molar-refractivity contribution is -0.126. The molecule has 2 aromatic carbocycles. The normalized spacial score (nSPS) is 26.7. The van der Waals surface area contributed by atoms with Gasteiger partial charge < -0.3 is 30.6 Å². The van der Waals surface area contributed by atoms with Crippen molar-refractivity contribution in [3.63, 3.8) is 0 Å². The van der Waals surface area contributed by atoms with Crippen LogP contribution >= 0.6 is 0 Å². The summed E-state index contributed by atoms with van der Waals surface area (Å²) in [5.74, 6) is -0.541. The summed E-state index contributed by atoms with van der Waals surface area (Å²) in [5.41, 5.74) is 5.84. The van der Waals surface area contributed by atoms with Crippen molar-refractivity contribution >= 4 is 28.4 Å². The van der Waals surface area contributed by atoms with Crippen LogP contribution in [0, 0.1) is 0 Å². The van der Waals surface area contributed by atoms with Crippen LogP contribution < -0.4 is 16.4 Å². The minimum Gasteiger partial charge on any atom is -0.370 e. The number of carbonyl (C=O) groups is 2. The van der Waals surface area contributed by atoms with Gasteiger partial charge >= 0.3 is 6.03 Å². The van der Waals surface area contributed by atoms with Gasteiger partial charge in [0.1, 0.15) is 24.9 Å². The Kier molecular flexibility index (Phi) is 4.93. The molecule has 2 aromatic rings. The monoisotopic (exact) mass is 371 g/mol. The number of primary amides is 1. The number of nitrogens with two attached hydrogens (primary N) is 1. The van der Waals surface area contributed by atoms with Crippen LogP contribution in [0.2, 0.25) is 0 Å². The van der Waals surface area contributed by atoms with Crippen LogP contribution in [-0.2, 0) is 19.0 Å². The Labute approximate surface area is 155 Å². The molecule has 2 saturated heterocycles. The van der Waals surface area contributed by atoms with Gasteiger partial charge in [-0.15, -0.1) is 0 Å². The minimum absolute atomic E-state index is 0.180. The highest BCUT2D eigenvalue weighted by Crippen LogP contribution is 2.29. The van der Waals surface area contributed by atoms with E-state index in [-0.39, 0.29) is 37.0 Å². The lowest BCUT2D eigenvalue weighted by atomic mass is 10.1. The third-order valence-corrected chi connectivity index (χ3v) is 4.80. The molecule has 0 saturated carbocycles. The molecular formula is C19H21N3O5. The fourth-order valence-electron chi connectivity index (χ4n) is 3.58. The Bertz CT molecular complexity index is 853. The number of urea groups is 1. The first-order valence-corrected chi connectivity index (χ1v) is 8.80. The molecule has 0 radical (unpaired) electrons. The molecule has 0 bridgehead atoms. The molecule has 8 heteroatoms. The highest BCUT2D eigenvalue weighted by molar-refractivity contribution is 6.01. The van der Waals surface area contributed by atoms with E-state index in [0.717, 1.165) is 16.5 Å². The number of ether oxygens (including phenoxy) is 3. The fraction of sp³-hybridized carbons (Fsp3) is 0.368. The van der Waals surface area contributed by atoms with E-state index in [1.54, 1.807) is 0 Å². The lowest BCUT2D eigenvalue weighted by Gasteiger charge is -2.18. The molecular weight excluding hydrogens is 350 g/mol. The largest absolute Gasteiger partial charge is 0.370 e. The van der Waals surface area contributed by atoms with Crippen molar-refractivity contribution in [2.75, 3.05) is 25.1 Å². The molecule has 4 atom stereocenters. The van der Waals surface area contributed by atoms with Crippen LogP contribution in [0.3, 0.4) is 0 Å². The average Bonchev–Trinajstić information content (AvgIpc) is 3.23. The number of benzene rings is 2. The van der Waals surface area contributed by atoms with E-state index in [0.29, 0.717) is 13.2 Å². The quantitative estimate of drug-likeness (QED) is 0.726. The number of hydrogen-bond donors (Lipinski definition) is 3. The van der Waals surface area contributed by atoms with Crippen molar-refractivity contribution in [1.29, 1.82) is 0 Å². The number of hydrogen-bond acceptors (Lipinski definition) is 5. The molecule has 142 valence electrons. The Morgan fingerprint density at radius 1 is 1.07 bits per heavy atom. The third kappa shape index (κ3) is 3.73. The van der Waals surface area contributed by atoms with Gasteiger partial charge in [0.15, 0.2) is 0 Å². The molecule has 2 aliphatic rings. The number of anilines is 1. The molecule has 0 aromatic heterocycles. The topological polar surface area (TPSA) is 112 Å². The summed E-state index contributed by atoms with van der Waals surface area (Å²) in [6.45, 7) is 0.431. The van der Waals surface area contributed by atoms with Gasteiger partial charge in [-0.1, -0.05) is 36.4 Å². The number of carbonyl (C=O) groups excluding carboxylic acids is 2. The van der Waals surface area contributed by atoms with Crippen LogP contribution in [0.4, 0.5) is 10.5 Å². The van der Waals surface area contributed by atoms with Gasteiger partial charge in [-0.25, -0.2) is 4.79 Å². The van der Waals surface area contributed by atoms with Crippen LogP contribution in [-0.4, -0.2) is 56.1 Å². The molecule has 2 aliphatic heterocycles. The zero-order valence-corrected chi connectivity index (χ0v) is 14.6. The zero-order valence-electron chi connectivity index (χ0n) is 14.6. The van der Waals surface area contributed by atoms with Crippen LogP contribution in [0.1, 0.15) is 0 Å². The molecule has 27 heavy (non-hydrogen) atoms. The summed E-state index contributed by atoms with van der Waals surface area (Å²) in [6, 6.07) is 13.0. The summed E-state index contributed by atoms with van der Waals surface area (Å²) >= 11 is 0. The van der Waals surface area contributed by atoms with Gasteiger partial charge in [-0.2, -0.15) is 0 Å². The maximum Gasteiger partial charge on any atom is 0.319 e. The summed E-state index contributed by atoms with van der Waals surface area (Å²) in [6.07, 6.45) is -1.01. The van der Waals surface area contributed by atoms with Crippen molar-refractivity contribution in [3.05, 3.63) is 42.5 Å². The van der Waals surface area contributed by atoms with Crippen molar-refractivity contribution in [2.45, 2.75) is 24.4 Å². The molecule has 8 nitrogen and oxygen atoms in total.